The largest absolute Gasteiger partial charge is 0.374 e. The van der Waals surface area contributed by atoms with E-state index in [0.717, 1.165) is 25.1 Å². The number of fused-ring (bicyclic) bond motifs is 1. The summed E-state index contributed by atoms with van der Waals surface area (Å²) in [6.45, 7) is 7.95. The summed E-state index contributed by atoms with van der Waals surface area (Å²) in [5, 5.41) is 0. The molecule has 0 radical (unpaired) electrons. The van der Waals surface area contributed by atoms with Crippen molar-refractivity contribution in [3.63, 3.8) is 0 Å². The summed E-state index contributed by atoms with van der Waals surface area (Å²) in [5.74, 6) is 1.79. The molecule has 4 heteroatoms. The number of hydrogen-bond donors (Lipinski definition) is 0. The Morgan fingerprint density at radius 1 is 1.21 bits per heavy atom. The molecule has 1 aromatic carbocycles. The van der Waals surface area contributed by atoms with E-state index >= 15 is 0 Å². The first kappa shape index (κ1) is 17.8. The van der Waals surface area contributed by atoms with Gasteiger partial charge in [-0.2, -0.15) is 0 Å². The van der Waals surface area contributed by atoms with E-state index in [2.05, 4.69) is 37.8 Å². The number of morpholine rings is 1. The van der Waals surface area contributed by atoms with E-state index in [1.165, 1.54) is 35.1 Å². The SMILES string of the molecule is Cc1cc(C)c(CSCC(=O)N2CCO[C@H]3CCCC[C@H]32)c(C)c1. The van der Waals surface area contributed by atoms with Crippen LogP contribution in [-0.2, 0) is 15.3 Å². The molecule has 2 fully saturated rings. The van der Waals surface area contributed by atoms with Crippen molar-refractivity contribution in [1.29, 1.82) is 0 Å². The minimum atomic E-state index is 0.281. The quantitative estimate of drug-likeness (QED) is 0.824. The Hall–Kier alpha value is -1.00. The summed E-state index contributed by atoms with van der Waals surface area (Å²) in [6.07, 6.45) is 4.97. The minimum absolute atomic E-state index is 0.281. The number of carbonyl (C=O) groups is 1. The maximum absolute atomic E-state index is 12.7. The number of ether oxygens (including phenoxy) is 1. The standard InChI is InChI=1S/C20H29NO2S/c1-14-10-15(2)17(16(3)11-14)12-24-13-20(22)21-8-9-23-19-7-5-4-6-18(19)21/h10-11,18-19H,4-9,12-13H2,1-3H3/t18-,19+/m1/s1. The summed E-state index contributed by atoms with van der Waals surface area (Å²) < 4.78 is 5.88. The third-order valence-electron chi connectivity index (χ3n) is 5.36. The highest BCUT2D eigenvalue weighted by Crippen LogP contribution is 2.29. The summed E-state index contributed by atoms with van der Waals surface area (Å²) in [5.41, 5.74) is 5.37. The fraction of sp³-hybridized carbons (Fsp3) is 0.650. The van der Waals surface area contributed by atoms with Crippen LogP contribution in [0.2, 0.25) is 0 Å². The van der Waals surface area contributed by atoms with Gasteiger partial charge in [-0.25, -0.2) is 0 Å². The molecule has 0 aromatic heterocycles. The number of hydrogen-bond acceptors (Lipinski definition) is 3. The molecule has 1 saturated heterocycles. The van der Waals surface area contributed by atoms with Crippen LogP contribution in [0.3, 0.4) is 0 Å². The minimum Gasteiger partial charge on any atom is -0.374 e. The van der Waals surface area contributed by atoms with Crippen molar-refractivity contribution in [1.82, 2.24) is 4.90 Å². The molecule has 0 spiro atoms. The molecule has 3 nitrogen and oxygen atoms in total. The second-order valence-corrected chi connectivity index (χ2v) is 8.20. The molecule has 132 valence electrons. The number of carbonyl (C=O) groups excluding carboxylic acids is 1. The van der Waals surface area contributed by atoms with Crippen LogP contribution in [0.1, 0.15) is 47.9 Å². The van der Waals surface area contributed by atoms with E-state index in [-0.39, 0.29) is 6.10 Å². The van der Waals surface area contributed by atoms with Gasteiger partial charge >= 0.3 is 0 Å². The van der Waals surface area contributed by atoms with E-state index in [1.807, 2.05) is 0 Å². The number of thioether (sulfide) groups is 1. The molecule has 0 N–H and O–H groups in total. The summed E-state index contributed by atoms with van der Waals surface area (Å²) >= 11 is 1.75. The number of rotatable bonds is 4. The molecule has 2 atom stereocenters. The number of nitrogens with zero attached hydrogens (tertiary/aromatic N) is 1. The van der Waals surface area contributed by atoms with Crippen LogP contribution >= 0.6 is 11.8 Å². The van der Waals surface area contributed by atoms with E-state index in [0.29, 0.717) is 24.3 Å². The van der Waals surface area contributed by atoms with Gasteiger partial charge < -0.3 is 9.64 Å². The summed E-state index contributed by atoms with van der Waals surface area (Å²) in [6, 6.07) is 4.79. The average Bonchev–Trinajstić information content (AvgIpc) is 2.56. The monoisotopic (exact) mass is 347 g/mol. The van der Waals surface area contributed by atoms with Gasteiger partial charge in [0.2, 0.25) is 5.91 Å². The zero-order chi connectivity index (χ0) is 17.1. The molecule has 1 heterocycles. The predicted molar refractivity (Wildman–Crippen MR) is 101 cm³/mol. The van der Waals surface area contributed by atoms with Crippen molar-refractivity contribution in [2.45, 2.75) is 64.4 Å². The normalized spacial score (nSPS) is 23.9. The lowest BCUT2D eigenvalue weighted by Gasteiger charge is -2.43. The van der Waals surface area contributed by atoms with Crippen LogP contribution in [0.25, 0.3) is 0 Å². The summed E-state index contributed by atoms with van der Waals surface area (Å²) in [4.78, 5) is 14.8. The lowest BCUT2D eigenvalue weighted by Crippen LogP contribution is -2.55. The van der Waals surface area contributed by atoms with Gasteiger partial charge in [-0.15, -0.1) is 11.8 Å². The van der Waals surface area contributed by atoms with Gasteiger partial charge in [0.1, 0.15) is 0 Å². The topological polar surface area (TPSA) is 29.5 Å². The molecule has 1 amide bonds. The molecular weight excluding hydrogens is 318 g/mol. The molecular formula is C20H29NO2S. The van der Waals surface area contributed by atoms with Crippen molar-refractivity contribution in [2.24, 2.45) is 0 Å². The van der Waals surface area contributed by atoms with Gasteiger partial charge in [0.15, 0.2) is 0 Å². The molecule has 0 unspecified atom stereocenters. The highest BCUT2D eigenvalue weighted by Gasteiger charge is 2.36. The van der Waals surface area contributed by atoms with Crippen molar-refractivity contribution < 1.29 is 9.53 Å². The Kier molecular flexibility index (Phi) is 5.88. The molecule has 1 aromatic rings. The van der Waals surface area contributed by atoms with Crippen LogP contribution in [0, 0.1) is 20.8 Å². The lowest BCUT2D eigenvalue weighted by molar-refractivity contribution is -0.146. The van der Waals surface area contributed by atoms with Crippen molar-refractivity contribution >= 4 is 17.7 Å². The van der Waals surface area contributed by atoms with E-state index in [1.54, 1.807) is 11.8 Å². The second kappa shape index (κ2) is 7.92. The maximum Gasteiger partial charge on any atom is 0.232 e. The first-order chi connectivity index (χ1) is 11.6. The molecule has 1 saturated carbocycles. The lowest BCUT2D eigenvalue weighted by atomic mass is 9.90. The maximum atomic E-state index is 12.7. The van der Waals surface area contributed by atoms with E-state index < -0.39 is 0 Å². The first-order valence-electron chi connectivity index (χ1n) is 9.12. The number of benzene rings is 1. The first-order valence-corrected chi connectivity index (χ1v) is 10.3. The van der Waals surface area contributed by atoms with Gasteiger partial charge in [0.05, 0.1) is 24.5 Å². The third-order valence-corrected chi connectivity index (χ3v) is 6.31. The van der Waals surface area contributed by atoms with Gasteiger partial charge in [0.25, 0.3) is 0 Å². The Morgan fingerprint density at radius 3 is 2.67 bits per heavy atom. The highest BCUT2D eigenvalue weighted by atomic mass is 32.2. The zero-order valence-corrected chi connectivity index (χ0v) is 16.0. The fourth-order valence-corrected chi connectivity index (χ4v) is 5.27. The Morgan fingerprint density at radius 2 is 1.92 bits per heavy atom. The van der Waals surface area contributed by atoms with Crippen molar-refractivity contribution in [2.75, 3.05) is 18.9 Å². The van der Waals surface area contributed by atoms with Crippen LogP contribution in [-0.4, -0.2) is 41.9 Å². The van der Waals surface area contributed by atoms with Crippen LogP contribution in [0.5, 0.6) is 0 Å². The van der Waals surface area contributed by atoms with Crippen molar-refractivity contribution in [3.8, 4) is 0 Å². The van der Waals surface area contributed by atoms with E-state index in [4.69, 9.17) is 4.74 Å². The predicted octanol–water partition coefficient (Wildman–Crippen LogP) is 4.02. The van der Waals surface area contributed by atoms with Gasteiger partial charge in [-0.1, -0.05) is 30.5 Å². The van der Waals surface area contributed by atoms with E-state index in [9.17, 15) is 4.79 Å². The van der Waals surface area contributed by atoms with Crippen LogP contribution in [0.4, 0.5) is 0 Å². The fourth-order valence-electron chi connectivity index (χ4n) is 4.17. The third kappa shape index (κ3) is 3.97. The van der Waals surface area contributed by atoms with Crippen molar-refractivity contribution in [3.05, 3.63) is 34.4 Å². The highest BCUT2D eigenvalue weighted by molar-refractivity contribution is 7.99. The molecule has 1 aliphatic heterocycles. The number of amides is 1. The Balaban J connectivity index is 1.56. The molecule has 24 heavy (non-hydrogen) atoms. The van der Waals surface area contributed by atoms with Gasteiger partial charge in [0, 0.05) is 12.3 Å². The average molecular weight is 348 g/mol. The molecule has 0 bridgehead atoms. The Bertz CT molecular complexity index is 576. The summed E-state index contributed by atoms with van der Waals surface area (Å²) in [7, 11) is 0. The molecule has 1 aliphatic carbocycles. The molecule has 3 rings (SSSR count). The second-order valence-electron chi connectivity index (χ2n) is 7.22. The smallest absolute Gasteiger partial charge is 0.232 e. The number of aryl methyl sites for hydroxylation is 3. The van der Waals surface area contributed by atoms with Crippen LogP contribution < -0.4 is 0 Å². The van der Waals surface area contributed by atoms with Crippen LogP contribution in [0.15, 0.2) is 12.1 Å². The van der Waals surface area contributed by atoms with Gasteiger partial charge in [-0.05, 0) is 50.3 Å². The molecule has 2 aliphatic rings. The Labute approximate surface area is 150 Å². The van der Waals surface area contributed by atoms with Gasteiger partial charge in [-0.3, -0.25) is 4.79 Å². The zero-order valence-electron chi connectivity index (χ0n) is 15.1.